The van der Waals surface area contributed by atoms with E-state index in [1.54, 1.807) is 0 Å². The van der Waals surface area contributed by atoms with Crippen molar-refractivity contribution in [2.45, 2.75) is 49.7 Å². The van der Waals surface area contributed by atoms with E-state index in [2.05, 4.69) is 24.3 Å². The van der Waals surface area contributed by atoms with Gasteiger partial charge in [-0.15, -0.1) is 0 Å². The average molecular weight is 428 g/mol. The van der Waals surface area contributed by atoms with Crippen LogP contribution in [0.15, 0.2) is 60.7 Å². The van der Waals surface area contributed by atoms with Gasteiger partial charge in [0.05, 0.1) is 18.8 Å². The van der Waals surface area contributed by atoms with Gasteiger partial charge in [0.1, 0.15) is 11.9 Å². The number of hydrogen-bond donors (Lipinski definition) is 0. The van der Waals surface area contributed by atoms with Crippen molar-refractivity contribution in [2.24, 2.45) is 0 Å². The Hall–Kier alpha value is -2.47. The summed E-state index contributed by atoms with van der Waals surface area (Å²) in [5.74, 6) is -0.179. The summed E-state index contributed by atoms with van der Waals surface area (Å²) >= 11 is 0. The van der Waals surface area contributed by atoms with Crippen LogP contribution in [0.5, 0.6) is 0 Å². The Kier molecular flexibility index (Phi) is 8.63. The number of rotatable bonds is 12. The van der Waals surface area contributed by atoms with Gasteiger partial charge in [0.2, 0.25) is 5.91 Å². The lowest BCUT2D eigenvalue weighted by atomic mass is 10.1. The van der Waals surface area contributed by atoms with Crippen molar-refractivity contribution < 1.29 is 18.5 Å². The Labute approximate surface area is 180 Å². The molecule has 6 heteroatoms. The van der Waals surface area contributed by atoms with Crippen molar-refractivity contribution in [1.29, 1.82) is 0 Å². The molecular formula is C24H29NO4S. The zero-order valence-corrected chi connectivity index (χ0v) is 18.0. The van der Waals surface area contributed by atoms with Crippen molar-refractivity contribution in [3.8, 4) is 0 Å². The lowest BCUT2D eigenvalue weighted by molar-refractivity contribution is -0.155. The maximum absolute atomic E-state index is 12.6. The molecule has 1 saturated heterocycles. The highest BCUT2D eigenvalue weighted by atomic mass is 32.2. The quantitative estimate of drug-likeness (QED) is 0.293. The molecule has 2 unspecified atom stereocenters. The molecule has 2 atom stereocenters. The third kappa shape index (κ3) is 6.80. The van der Waals surface area contributed by atoms with E-state index in [0.717, 1.165) is 37.7 Å². The number of carbonyl (C=O) groups is 2. The van der Waals surface area contributed by atoms with Gasteiger partial charge in [-0.2, -0.15) is 0 Å². The minimum atomic E-state index is -1.23. The van der Waals surface area contributed by atoms with E-state index in [4.69, 9.17) is 4.74 Å². The van der Waals surface area contributed by atoms with Crippen LogP contribution in [0.1, 0.15) is 43.2 Å². The summed E-state index contributed by atoms with van der Waals surface area (Å²) in [6.07, 6.45) is 5.34. The first kappa shape index (κ1) is 22.2. The highest BCUT2D eigenvalue weighted by molar-refractivity contribution is 7.85. The Bertz CT molecular complexity index is 841. The molecule has 0 aromatic heterocycles. The molecule has 0 aliphatic carbocycles. The fourth-order valence-electron chi connectivity index (χ4n) is 3.48. The standard InChI is InChI=1S/C24H29NO4S/c26-22-17-23(30(28)19-21-14-8-4-9-15-21)25(22)18-24(27)29-16-10-2-1-5-11-20-12-6-3-7-13-20/h3-4,6-9,12-15,23H,1-2,5,10-11,16-19H2. The van der Waals surface area contributed by atoms with Crippen LogP contribution in [0.2, 0.25) is 0 Å². The number of β-lactam (4-membered cyclic amide) rings is 1. The molecule has 0 N–H and O–H groups in total. The maximum Gasteiger partial charge on any atom is 0.325 e. The molecule has 1 aliphatic rings. The van der Waals surface area contributed by atoms with Gasteiger partial charge in [0.15, 0.2) is 0 Å². The number of carbonyl (C=O) groups excluding carboxylic acids is 2. The zero-order chi connectivity index (χ0) is 21.2. The van der Waals surface area contributed by atoms with Gasteiger partial charge < -0.3 is 9.64 Å². The van der Waals surface area contributed by atoms with Crippen molar-refractivity contribution in [3.05, 3.63) is 71.8 Å². The molecule has 2 aromatic rings. The number of esters is 1. The Morgan fingerprint density at radius 1 is 0.933 bits per heavy atom. The summed E-state index contributed by atoms with van der Waals surface area (Å²) in [7, 11) is -1.23. The van der Waals surface area contributed by atoms with E-state index in [0.29, 0.717) is 12.4 Å². The minimum absolute atomic E-state index is 0.113. The normalized spacial score (nSPS) is 16.7. The summed E-state index contributed by atoms with van der Waals surface area (Å²) in [6, 6.07) is 19.9. The second-order valence-electron chi connectivity index (χ2n) is 7.56. The summed E-state index contributed by atoms with van der Waals surface area (Å²) in [5.41, 5.74) is 2.31. The number of ether oxygens (including phenoxy) is 1. The van der Waals surface area contributed by atoms with Crippen molar-refractivity contribution in [1.82, 2.24) is 4.90 Å². The van der Waals surface area contributed by atoms with Crippen molar-refractivity contribution in [3.63, 3.8) is 0 Å². The van der Waals surface area contributed by atoms with Crippen LogP contribution in [0.25, 0.3) is 0 Å². The highest BCUT2D eigenvalue weighted by Crippen LogP contribution is 2.24. The van der Waals surface area contributed by atoms with Gasteiger partial charge in [-0.25, -0.2) is 0 Å². The molecule has 2 aromatic carbocycles. The van der Waals surface area contributed by atoms with Gasteiger partial charge >= 0.3 is 5.97 Å². The smallest absolute Gasteiger partial charge is 0.325 e. The minimum Gasteiger partial charge on any atom is -0.464 e. The first-order valence-corrected chi connectivity index (χ1v) is 11.9. The molecule has 1 aliphatic heterocycles. The van der Waals surface area contributed by atoms with Crippen molar-refractivity contribution >= 4 is 22.7 Å². The summed E-state index contributed by atoms with van der Waals surface area (Å²) in [4.78, 5) is 25.3. The molecule has 0 spiro atoms. The number of amides is 1. The fraction of sp³-hybridized carbons (Fsp3) is 0.417. The maximum atomic E-state index is 12.6. The molecular weight excluding hydrogens is 398 g/mol. The predicted octanol–water partition coefficient (Wildman–Crippen LogP) is 3.84. The predicted molar refractivity (Wildman–Crippen MR) is 118 cm³/mol. The van der Waals surface area contributed by atoms with Crippen LogP contribution in [-0.4, -0.2) is 39.5 Å². The molecule has 1 amide bonds. The summed E-state index contributed by atoms with van der Waals surface area (Å²) in [5, 5.41) is -0.400. The number of unbranched alkanes of at least 4 members (excludes halogenated alkanes) is 3. The van der Waals surface area contributed by atoms with Crippen LogP contribution >= 0.6 is 0 Å². The van der Waals surface area contributed by atoms with Gasteiger partial charge in [-0.3, -0.25) is 13.8 Å². The largest absolute Gasteiger partial charge is 0.464 e. The zero-order valence-electron chi connectivity index (χ0n) is 17.2. The molecule has 1 heterocycles. The van der Waals surface area contributed by atoms with Crippen molar-refractivity contribution in [2.75, 3.05) is 13.2 Å². The second-order valence-corrected chi connectivity index (χ2v) is 9.16. The number of hydrogen-bond acceptors (Lipinski definition) is 4. The lowest BCUT2D eigenvalue weighted by Gasteiger charge is -2.38. The topological polar surface area (TPSA) is 63.7 Å². The third-order valence-electron chi connectivity index (χ3n) is 5.24. The van der Waals surface area contributed by atoms with E-state index in [-0.39, 0.29) is 18.9 Å². The number of nitrogens with zero attached hydrogens (tertiary/aromatic N) is 1. The molecule has 30 heavy (non-hydrogen) atoms. The Morgan fingerprint density at radius 3 is 2.23 bits per heavy atom. The van der Waals surface area contributed by atoms with Gasteiger partial charge in [0, 0.05) is 10.8 Å². The molecule has 160 valence electrons. The average Bonchev–Trinajstić information content (AvgIpc) is 2.76. The van der Waals surface area contributed by atoms with Crippen LogP contribution in [0.4, 0.5) is 0 Å². The van der Waals surface area contributed by atoms with Gasteiger partial charge in [-0.1, -0.05) is 73.5 Å². The SMILES string of the molecule is O=C(CN1C(=O)CC1S(=O)Cc1ccccc1)OCCCCCCc1ccccc1. The van der Waals surface area contributed by atoms with E-state index in [9.17, 15) is 13.8 Å². The van der Waals surface area contributed by atoms with E-state index in [1.807, 2.05) is 36.4 Å². The fourth-order valence-corrected chi connectivity index (χ4v) is 5.00. The van der Waals surface area contributed by atoms with E-state index < -0.39 is 22.1 Å². The third-order valence-corrected chi connectivity index (χ3v) is 6.88. The second kappa shape index (κ2) is 11.6. The summed E-state index contributed by atoms with van der Waals surface area (Å²) < 4.78 is 17.8. The monoisotopic (exact) mass is 427 g/mol. The lowest BCUT2D eigenvalue weighted by Crippen LogP contribution is -2.56. The molecule has 1 fully saturated rings. The van der Waals surface area contributed by atoms with Crippen LogP contribution in [0, 0.1) is 0 Å². The molecule has 0 bridgehead atoms. The number of aryl methyl sites for hydroxylation is 1. The highest BCUT2D eigenvalue weighted by Gasteiger charge is 2.41. The molecule has 0 saturated carbocycles. The molecule has 5 nitrogen and oxygen atoms in total. The number of likely N-dealkylation sites (tertiary alicyclic amines) is 1. The van der Waals surface area contributed by atoms with E-state index in [1.165, 1.54) is 10.5 Å². The van der Waals surface area contributed by atoms with Crippen LogP contribution in [-0.2, 0) is 37.3 Å². The van der Waals surface area contributed by atoms with Gasteiger partial charge in [-0.05, 0) is 30.4 Å². The first-order valence-electron chi connectivity index (χ1n) is 10.5. The summed E-state index contributed by atoms with van der Waals surface area (Å²) in [6.45, 7) is 0.252. The molecule has 3 rings (SSSR count). The Balaban J connectivity index is 1.29. The molecule has 0 radical (unpaired) electrons. The first-order chi connectivity index (χ1) is 14.6. The van der Waals surface area contributed by atoms with Crippen LogP contribution < -0.4 is 0 Å². The Morgan fingerprint density at radius 2 is 1.57 bits per heavy atom. The van der Waals surface area contributed by atoms with Gasteiger partial charge in [0.25, 0.3) is 0 Å². The van der Waals surface area contributed by atoms with E-state index >= 15 is 0 Å². The number of benzene rings is 2. The van der Waals surface area contributed by atoms with Crippen LogP contribution in [0.3, 0.4) is 0 Å².